The Balaban J connectivity index is 1.24. The number of rotatable bonds is 8. The summed E-state index contributed by atoms with van der Waals surface area (Å²) in [4.78, 5) is 34.3. The van der Waals surface area contributed by atoms with Crippen molar-refractivity contribution in [3.63, 3.8) is 0 Å². The highest BCUT2D eigenvalue weighted by Crippen LogP contribution is 2.60. The maximum Gasteiger partial charge on any atom is 0.310 e. The Bertz CT molecular complexity index is 1520. The van der Waals surface area contributed by atoms with E-state index in [4.69, 9.17) is 18.9 Å². The standard InChI is InChI=1S/C42H58N2O8/c1-21-17-43(5)19-29-23(3)33(15-27(21)29)51-41(47)39-37(25-9-11-31(45)35(13-25)49-7)40(38(39)26-10-12-32(46)36(14-26)50-8)42(48)52-34-16-28-22(2)18-44(6)20-30(28)24(34)4/h9-14,21-24,27-30,33-34,37-40,45-46H,15-20H2,1-8H3/t21-,22-,23-,24-,27-,28-,29+,30+,33+,34+,37?,38?,39?,40?/m0/s1. The average Bonchev–Trinajstić information content (AvgIpc) is 3.57. The lowest BCUT2D eigenvalue weighted by Gasteiger charge is -2.50. The molecule has 0 unspecified atom stereocenters. The van der Waals surface area contributed by atoms with Crippen LogP contribution in [0.1, 0.15) is 63.5 Å². The summed E-state index contributed by atoms with van der Waals surface area (Å²) in [5, 5.41) is 21.1. The van der Waals surface area contributed by atoms with Crippen molar-refractivity contribution >= 4 is 11.9 Å². The largest absolute Gasteiger partial charge is 0.504 e. The first-order chi connectivity index (χ1) is 24.8. The number of benzene rings is 2. The number of hydrogen-bond acceptors (Lipinski definition) is 10. The number of hydrogen-bond donors (Lipinski definition) is 2. The Hall–Kier alpha value is -3.50. The first kappa shape index (κ1) is 36.8. The van der Waals surface area contributed by atoms with Gasteiger partial charge in [0.15, 0.2) is 23.0 Å². The predicted molar refractivity (Wildman–Crippen MR) is 196 cm³/mol. The van der Waals surface area contributed by atoms with Gasteiger partial charge in [-0.15, -0.1) is 0 Å². The lowest BCUT2D eigenvalue weighted by molar-refractivity contribution is -0.175. The smallest absolute Gasteiger partial charge is 0.310 e. The Morgan fingerprint density at radius 2 is 1.00 bits per heavy atom. The highest BCUT2D eigenvalue weighted by atomic mass is 16.6. The van der Waals surface area contributed by atoms with Crippen LogP contribution >= 0.6 is 0 Å². The summed E-state index contributed by atoms with van der Waals surface area (Å²) in [5.41, 5.74) is 1.40. The van der Waals surface area contributed by atoms with Gasteiger partial charge in [-0.1, -0.05) is 39.8 Å². The van der Waals surface area contributed by atoms with Gasteiger partial charge in [0.05, 0.1) is 26.1 Å². The maximum absolute atomic E-state index is 14.7. The van der Waals surface area contributed by atoms with E-state index in [-0.39, 0.29) is 59.0 Å². The second-order valence-electron chi connectivity index (χ2n) is 17.2. The average molecular weight is 719 g/mol. The molecule has 7 rings (SSSR count). The van der Waals surface area contributed by atoms with E-state index >= 15 is 0 Å². The Labute approximate surface area is 308 Å². The molecule has 3 saturated carbocycles. The van der Waals surface area contributed by atoms with Gasteiger partial charge in [0.25, 0.3) is 0 Å². The quantitative estimate of drug-likeness (QED) is 0.327. The molecule has 5 fully saturated rings. The van der Waals surface area contributed by atoms with E-state index in [2.05, 4.69) is 51.6 Å². The van der Waals surface area contributed by atoms with Gasteiger partial charge in [0.1, 0.15) is 12.2 Å². The predicted octanol–water partition coefficient (Wildman–Crippen LogP) is 5.76. The van der Waals surface area contributed by atoms with Crippen LogP contribution in [0.25, 0.3) is 0 Å². The minimum absolute atomic E-state index is 0.0217. The van der Waals surface area contributed by atoms with E-state index in [1.54, 1.807) is 36.4 Å². The Kier molecular flexibility index (Phi) is 10.2. The van der Waals surface area contributed by atoms with Crippen LogP contribution in [0.15, 0.2) is 36.4 Å². The number of esters is 2. The fraction of sp³-hybridized carbons (Fsp3) is 0.667. The number of carbonyl (C=O) groups is 2. The van der Waals surface area contributed by atoms with Crippen LogP contribution in [0.4, 0.5) is 0 Å². The molecule has 10 heteroatoms. The van der Waals surface area contributed by atoms with Crippen molar-refractivity contribution in [2.24, 2.45) is 59.2 Å². The van der Waals surface area contributed by atoms with E-state index < -0.39 is 23.7 Å². The van der Waals surface area contributed by atoms with E-state index in [0.29, 0.717) is 46.6 Å². The molecule has 0 radical (unpaired) electrons. The number of phenolic OH excluding ortho intramolecular Hbond substituents is 2. The van der Waals surface area contributed by atoms with Gasteiger partial charge in [-0.2, -0.15) is 0 Å². The van der Waals surface area contributed by atoms with Crippen molar-refractivity contribution in [2.75, 3.05) is 54.5 Å². The molecular weight excluding hydrogens is 660 g/mol. The van der Waals surface area contributed by atoms with Gasteiger partial charge in [-0.05, 0) is 110 Å². The zero-order valence-corrected chi connectivity index (χ0v) is 32.0. The summed E-state index contributed by atoms with van der Waals surface area (Å²) < 4.78 is 24.1. The van der Waals surface area contributed by atoms with Crippen molar-refractivity contribution in [1.82, 2.24) is 9.80 Å². The highest BCUT2D eigenvalue weighted by Gasteiger charge is 2.61. The van der Waals surface area contributed by atoms with Gasteiger partial charge in [-0.25, -0.2) is 0 Å². The summed E-state index contributed by atoms with van der Waals surface area (Å²) >= 11 is 0. The van der Waals surface area contributed by atoms with E-state index in [0.717, 1.165) is 39.0 Å². The summed E-state index contributed by atoms with van der Waals surface area (Å²) in [5.74, 6) is 0.474. The molecule has 5 aliphatic rings. The Morgan fingerprint density at radius 1 is 0.615 bits per heavy atom. The molecule has 2 N–H and O–H groups in total. The summed E-state index contributed by atoms with van der Waals surface area (Å²) in [6.07, 6.45) is 1.20. The van der Waals surface area contributed by atoms with Crippen molar-refractivity contribution in [1.29, 1.82) is 0 Å². The zero-order valence-electron chi connectivity index (χ0n) is 32.0. The van der Waals surface area contributed by atoms with Crippen LogP contribution in [0.5, 0.6) is 23.0 Å². The van der Waals surface area contributed by atoms with Crippen LogP contribution < -0.4 is 9.47 Å². The lowest BCUT2D eigenvalue weighted by Crippen LogP contribution is -2.53. The van der Waals surface area contributed by atoms with Gasteiger partial charge in [-0.3, -0.25) is 9.59 Å². The maximum atomic E-state index is 14.7. The lowest BCUT2D eigenvalue weighted by atomic mass is 9.52. The molecule has 2 aliphatic heterocycles. The molecule has 0 aromatic heterocycles. The van der Waals surface area contributed by atoms with Crippen LogP contribution in [0, 0.1) is 59.2 Å². The van der Waals surface area contributed by atoms with E-state index in [9.17, 15) is 19.8 Å². The van der Waals surface area contributed by atoms with E-state index in [1.807, 2.05) is 0 Å². The van der Waals surface area contributed by atoms with E-state index in [1.165, 1.54) is 14.2 Å². The molecule has 2 heterocycles. The SMILES string of the molecule is COc1cc(C2C(C(=O)O[C@@H]3C[C@@H]4[C@H](CN(C)C[C@@H]4C)[C@@H]3C)C(c3ccc(O)c(OC)c3)C2C(=O)O[C@@H]2C[C@@H]3[C@H](CN(C)C[C@@H]3C)[C@@H]2C)ccc1O. The van der Waals surface area contributed by atoms with Crippen molar-refractivity contribution in [2.45, 2.75) is 64.6 Å². The molecule has 3 aliphatic carbocycles. The minimum Gasteiger partial charge on any atom is -0.504 e. The molecule has 0 spiro atoms. The molecule has 2 aromatic carbocycles. The van der Waals surface area contributed by atoms with Gasteiger partial charge < -0.3 is 39.0 Å². The number of piperidine rings is 2. The monoisotopic (exact) mass is 718 g/mol. The zero-order chi connectivity index (χ0) is 37.2. The molecule has 10 nitrogen and oxygen atoms in total. The van der Waals surface area contributed by atoms with Crippen molar-refractivity contribution in [3.8, 4) is 23.0 Å². The molecule has 10 atom stereocenters. The third-order valence-electron chi connectivity index (χ3n) is 14.1. The summed E-state index contributed by atoms with van der Waals surface area (Å²) in [6, 6.07) is 10.1. The molecule has 0 amide bonds. The molecule has 2 saturated heterocycles. The van der Waals surface area contributed by atoms with Crippen molar-refractivity contribution < 1.29 is 38.7 Å². The van der Waals surface area contributed by atoms with Gasteiger partial charge in [0, 0.05) is 38.0 Å². The number of fused-ring (bicyclic) bond motifs is 2. The highest BCUT2D eigenvalue weighted by molar-refractivity contribution is 5.86. The molecular formula is C42H58N2O8. The number of likely N-dealkylation sites (tertiary alicyclic amines) is 2. The van der Waals surface area contributed by atoms with Crippen LogP contribution in [0.2, 0.25) is 0 Å². The second-order valence-corrected chi connectivity index (χ2v) is 17.2. The third kappa shape index (κ3) is 6.42. The number of phenols is 2. The Morgan fingerprint density at radius 3 is 1.37 bits per heavy atom. The summed E-state index contributed by atoms with van der Waals surface area (Å²) in [6.45, 7) is 13.1. The molecule has 2 aromatic rings. The van der Waals surface area contributed by atoms with Crippen LogP contribution in [-0.4, -0.2) is 98.7 Å². The summed E-state index contributed by atoms with van der Waals surface area (Å²) in [7, 11) is 7.31. The topological polar surface area (TPSA) is 118 Å². The number of methoxy groups -OCH3 is 2. The van der Waals surface area contributed by atoms with Gasteiger partial charge in [0.2, 0.25) is 0 Å². The molecule has 0 bridgehead atoms. The number of ether oxygens (including phenoxy) is 4. The fourth-order valence-corrected chi connectivity index (χ4v) is 11.4. The third-order valence-corrected chi connectivity index (χ3v) is 14.1. The number of nitrogens with zero attached hydrogens (tertiary/aromatic N) is 2. The van der Waals surface area contributed by atoms with Gasteiger partial charge >= 0.3 is 11.9 Å². The minimum atomic E-state index is -0.728. The van der Waals surface area contributed by atoms with Crippen LogP contribution in [0.3, 0.4) is 0 Å². The fourth-order valence-electron chi connectivity index (χ4n) is 11.4. The first-order valence-corrected chi connectivity index (χ1v) is 19.3. The number of aromatic hydroxyl groups is 2. The molecule has 284 valence electrons. The first-order valence-electron chi connectivity index (χ1n) is 19.3. The van der Waals surface area contributed by atoms with Crippen LogP contribution in [-0.2, 0) is 19.1 Å². The van der Waals surface area contributed by atoms with Crippen molar-refractivity contribution in [3.05, 3.63) is 47.5 Å². The molecule has 52 heavy (non-hydrogen) atoms. The normalized spacial score (nSPS) is 38.8. The second kappa shape index (κ2) is 14.4. The number of carbonyl (C=O) groups excluding carboxylic acids is 2.